The first-order valence-electron chi connectivity index (χ1n) is 10.7. The van der Waals surface area contributed by atoms with Gasteiger partial charge in [0.05, 0.1) is 12.5 Å². The summed E-state index contributed by atoms with van der Waals surface area (Å²) in [5, 5.41) is 0.728. The van der Waals surface area contributed by atoms with Gasteiger partial charge in [-0.25, -0.2) is 0 Å². The minimum atomic E-state index is 0.284. The number of carbonyl (C=O) groups excluding carboxylic acids is 1. The number of benzene rings is 1. The van der Waals surface area contributed by atoms with E-state index >= 15 is 0 Å². The minimum absolute atomic E-state index is 0.284. The number of rotatable bonds is 2. The van der Waals surface area contributed by atoms with Crippen LogP contribution in [-0.4, -0.2) is 47.4 Å². The Kier molecular flexibility index (Phi) is 4.77. The lowest BCUT2D eigenvalue weighted by molar-refractivity contribution is -0.135. The Balaban J connectivity index is 1.38. The molecule has 27 heavy (non-hydrogen) atoms. The lowest BCUT2D eigenvalue weighted by Crippen LogP contribution is -2.60. The first-order valence-corrected chi connectivity index (χ1v) is 11.1. The highest BCUT2D eigenvalue weighted by atomic mass is 35.5. The number of carbonyl (C=O) groups is 1. The summed E-state index contributed by atoms with van der Waals surface area (Å²) in [4.78, 5) is 18.2. The van der Waals surface area contributed by atoms with Crippen LogP contribution < -0.4 is 0 Å². The van der Waals surface area contributed by atoms with Gasteiger partial charge in [0.1, 0.15) is 0 Å². The van der Waals surface area contributed by atoms with E-state index in [0.29, 0.717) is 18.4 Å². The molecule has 3 heterocycles. The molecule has 0 N–H and O–H groups in total. The van der Waals surface area contributed by atoms with Crippen LogP contribution in [0.1, 0.15) is 44.1 Å². The van der Waals surface area contributed by atoms with Crippen molar-refractivity contribution in [3.05, 3.63) is 46.5 Å². The maximum atomic E-state index is 13.2. The highest BCUT2D eigenvalue weighted by Crippen LogP contribution is 2.45. The zero-order valence-corrected chi connectivity index (χ0v) is 16.7. The van der Waals surface area contributed by atoms with Gasteiger partial charge in [0.2, 0.25) is 5.91 Å². The molecule has 3 aliphatic heterocycles. The van der Waals surface area contributed by atoms with Gasteiger partial charge in [-0.3, -0.25) is 9.69 Å². The molecule has 1 amide bonds. The molecular formula is C23H29ClN2O. The first-order chi connectivity index (χ1) is 13.2. The minimum Gasteiger partial charge on any atom is -0.335 e. The van der Waals surface area contributed by atoms with Crippen molar-refractivity contribution in [3.8, 4) is 0 Å². The van der Waals surface area contributed by atoms with E-state index in [1.54, 1.807) is 5.57 Å². The van der Waals surface area contributed by atoms with Gasteiger partial charge in [-0.1, -0.05) is 41.8 Å². The van der Waals surface area contributed by atoms with E-state index in [9.17, 15) is 4.79 Å². The third kappa shape index (κ3) is 3.34. The highest BCUT2D eigenvalue weighted by molar-refractivity contribution is 6.30. The van der Waals surface area contributed by atoms with E-state index < -0.39 is 0 Å². The van der Waals surface area contributed by atoms with Crippen LogP contribution in [0.2, 0.25) is 5.02 Å². The summed E-state index contributed by atoms with van der Waals surface area (Å²) in [6.07, 6.45) is 10.8. The van der Waals surface area contributed by atoms with Gasteiger partial charge in [0.25, 0.3) is 0 Å². The molecule has 0 aromatic heterocycles. The maximum absolute atomic E-state index is 13.2. The summed E-state index contributed by atoms with van der Waals surface area (Å²) in [7, 11) is 0. The molecule has 5 rings (SSSR count). The smallest absolute Gasteiger partial charge is 0.227 e. The average Bonchev–Trinajstić information content (AvgIpc) is 2.69. The summed E-state index contributed by atoms with van der Waals surface area (Å²) < 4.78 is 0. The fourth-order valence-electron chi connectivity index (χ4n) is 6.13. The Bertz CT molecular complexity index is 743. The molecule has 1 aliphatic carbocycles. The Morgan fingerprint density at radius 2 is 1.96 bits per heavy atom. The van der Waals surface area contributed by atoms with Gasteiger partial charge in [-0.2, -0.15) is 0 Å². The summed E-state index contributed by atoms with van der Waals surface area (Å²) in [6.45, 7) is 3.36. The Morgan fingerprint density at radius 1 is 1.11 bits per heavy atom. The third-order valence-electron chi connectivity index (χ3n) is 7.25. The van der Waals surface area contributed by atoms with Gasteiger partial charge in [-0.05, 0) is 68.2 Å². The number of halogens is 1. The van der Waals surface area contributed by atoms with Crippen molar-refractivity contribution in [2.24, 2.45) is 11.8 Å². The second-order valence-electron chi connectivity index (χ2n) is 8.90. The number of piperidine rings is 3. The molecule has 0 unspecified atom stereocenters. The summed E-state index contributed by atoms with van der Waals surface area (Å²) in [5.41, 5.74) is 2.63. The summed E-state index contributed by atoms with van der Waals surface area (Å²) in [6, 6.07) is 8.85. The van der Waals surface area contributed by atoms with E-state index in [1.165, 1.54) is 45.2 Å². The molecule has 4 aliphatic rings. The second-order valence-corrected chi connectivity index (χ2v) is 9.33. The summed E-state index contributed by atoms with van der Waals surface area (Å²) in [5.74, 6) is 1.63. The van der Waals surface area contributed by atoms with E-state index in [2.05, 4.69) is 15.9 Å². The number of hydrogen-bond acceptors (Lipinski definition) is 2. The van der Waals surface area contributed by atoms with Gasteiger partial charge in [0.15, 0.2) is 0 Å². The maximum Gasteiger partial charge on any atom is 0.227 e. The van der Waals surface area contributed by atoms with Crippen molar-refractivity contribution >= 4 is 17.5 Å². The van der Waals surface area contributed by atoms with Crippen molar-refractivity contribution < 1.29 is 4.79 Å². The Hall–Kier alpha value is -1.32. The Morgan fingerprint density at radius 3 is 2.81 bits per heavy atom. The highest BCUT2D eigenvalue weighted by Gasteiger charge is 2.46. The molecule has 1 aromatic carbocycles. The molecule has 4 heteroatoms. The van der Waals surface area contributed by atoms with Gasteiger partial charge in [-0.15, -0.1) is 0 Å². The van der Waals surface area contributed by atoms with E-state index in [1.807, 2.05) is 24.3 Å². The molecule has 0 saturated carbocycles. The quantitative estimate of drug-likeness (QED) is 0.709. The summed E-state index contributed by atoms with van der Waals surface area (Å²) >= 11 is 5.99. The number of fused-ring (bicyclic) bond motifs is 6. The van der Waals surface area contributed by atoms with Crippen LogP contribution in [0.4, 0.5) is 0 Å². The molecule has 144 valence electrons. The molecular weight excluding hydrogens is 356 g/mol. The molecule has 3 nitrogen and oxygen atoms in total. The number of nitrogens with zero attached hydrogens (tertiary/aromatic N) is 2. The zero-order valence-electron chi connectivity index (χ0n) is 15.9. The molecule has 3 fully saturated rings. The van der Waals surface area contributed by atoms with Crippen LogP contribution in [0, 0.1) is 11.8 Å². The SMILES string of the molecule is O=C(Cc1ccc(Cl)cc1)N1CCCC2=C[C@H]3C[C@@H](CN4CCCC[C@H]34)[C@H]21. The van der Waals surface area contributed by atoms with Crippen LogP contribution in [0.25, 0.3) is 0 Å². The van der Waals surface area contributed by atoms with Crippen molar-refractivity contribution in [1.82, 2.24) is 9.80 Å². The van der Waals surface area contributed by atoms with Gasteiger partial charge in [0, 0.05) is 24.2 Å². The first kappa shape index (κ1) is 17.8. The predicted octanol–water partition coefficient (Wildman–Crippen LogP) is 4.30. The van der Waals surface area contributed by atoms with Crippen molar-refractivity contribution in [2.45, 2.75) is 57.0 Å². The number of hydrogen-bond donors (Lipinski definition) is 0. The van der Waals surface area contributed by atoms with E-state index in [4.69, 9.17) is 11.6 Å². The predicted molar refractivity (Wildman–Crippen MR) is 109 cm³/mol. The normalized spacial score (nSPS) is 33.1. The lowest BCUT2D eigenvalue weighted by atomic mass is 9.68. The van der Waals surface area contributed by atoms with Crippen molar-refractivity contribution in [3.63, 3.8) is 0 Å². The fraction of sp³-hybridized carbons (Fsp3) is 0.609. The zero-order chi connectivity index (χ0) is 18.4. The Labute approximate surface area is 167 Å². The standard InChI is InChI=1S/C23H29ClN2O/c24-20-8-6-16(7-9-20)12-22(27)26-11-3-4-17-13-18-14-19(23(17)26)15-25-10-2-1-5-21(18)25/h6-9,13,18-19,21,23H,1-5,10-12,14-15H2/t18-,19-,21+,23-/m0/s1. The van der Waals surface area contributed by atoms with Crippen LogP contribution in [0.5, 0.6) is 0 Å². The lowest BCUT2D eigenvalue weighted by Gasteiger charge is -2.54. The molecule has 2 bridgehead atoms. The fourth-order valence-corrected chi connectivity index (χ4v) is 6.26. The van der Waals surface area contributed by atoms with Gasteiger partial charge >= 0.3 is 0 Å². The van der Waals surface area contributed by atoms with Crippen LogP contribution in [-0.2, 0) is 11.2 Å². The van der Waals surface area contributed by atoms with Crippen LogP contribution >= 0.6 is 11.6 Å². The van der Waals surface area contributed by atoms with Gasteiger partial charge < -0.3 is 4.90 Å². The monoisotopic (exact) mass is 384 g/mol. The van der Waals surface area contributed by atoms with Crippen molar-refractivity contribution in [1.29, 1.82) is 0 Å². The van der Waals surface area contributed by atoms with Crippen LogP contribution in [0.15, 0.2) is 35.9 Å². The molecule has 1 aromatic rings. The number of amides is 1. The average molecular weight is 385 g/mol. The van der Waals surface area contributed by atoms with E-state index in [-0.39, 0.29) is 5.91 Å². The van der Waals surface area contributed by atoms with Crippen molar-refractivity contribution in [2.75, 3.05) is 19.6 Å². The van der Waals surface area contributed by atoms with E-state index in [0.717, 1.165) is 35.5 Å². The topological polar surface area (TPSA) is 23.6 Å². The van der Waals surface area contributed by atoms with Crippen LogP contribution in [0.3, 0.4) is 0 Å². The number of likely N-dealkylation sites (tertiary alicyclic amines) is 1. The largest absolute Gasteiger partial charge is 0.335 e. The molecule has 0 radical (unpaired) electrons. The third-order valence-corrected chi connectivity index (χ3v) is 7.50. The molecule has 0 spiro atoms. The molecule has 3 saturated heterocycles. The second kappa shape index (κ2) is 7.25. The molecule has 4 atom stereocenters.